The van der Waals surface area contributed by atoms with E-state index in [2.05, 4.69) is 4.98 Å². The number of anilines is 1. The molecule has 0 aliphatic carbocycles. The van der Waals surface area contributed by atoms with Crippen molar-refractivity contribution in [2.75, 3.05) is 31.1 Å². The summed E-state index contributed by atoms with van der Waals surface area (Å²) in [6, 6.07) is 1.50. The summed E-state index contributed by atoms with van der Waals surface area (Å²) >= 11 is 0. The zero-order valence-corrected chi connectivity index (χ0v) is 14.0. The Morgan fingerprint density at radius 2 is 1.83 bits per heavy atom. The molecule has 7 nitrogen and oxygen atoms in total. The zero-order chi connectivity index (χ0) is 17.2. The van der Waals surface area contributed by atoms with Crippen molar-refractivity contribution in [3.63, 3.8) is 0 Å². The summed E-state index contributed by atoms with van der Waals surface area (Å²) in [4.78, 5) is 31.2. The first-order chi connectivity index (χ1) is 10.7. The molecule has 0 spiro atoms. The monoisotopic (exact) mass is 321 g/mol. The molecule has 1 fully saturated rings. The summed E-state index contributed by atoms with van der Waals surface area (Å²) in [6.45, 7) is 9.50. The maximum absolute atomic E-state index is 12.1. The third-order valence-corrected chi connectivity index (χ3v) is 3.64. The predicted octanol–water partition coefficient (Wildman–Crippen LogP) is 2.15. The normalized spacial score (nSPS) is 15.5. The van der Waals surface area contributed by atoms with Gasteiger partial charge in [0, 0.05) is 37.9 Å². The second-order valence-electron chi connectivity index (χ2n) is 6.57. The van der Waals surface area contributed by atoms with Crippen molar-refractivity contribution in [1.29, 1.82) is 0 Å². The van der Waals surface area contributed by atoms with Gasteiger partial charge in [0.2, 0.25) is 0 Å². The number of rotatable bonds is 2. The third kappa shape index (κ3) is 4.12. The van der Waals surface area contributed by atoms with Crippen LogP contribution in [0.4, 0.5) is 10.6 Å². The van der Waals surface area contributed by atoms with Gasteiger partial charge in [-0.25, -0.2) is 14.6 Å². The Hall–Kier alpha value is -2.31. The van der Waals surface area contributed by atoms with Crippen LogP contribution in [-0.2, 0) is 4.74 Å². The molecule has 0 unspecified atom stereocenters. The molecule has 0 bridgehead atoms. The third-order valence-electron chi connectivity index (χ3n) is 3.64. The second kappa shape index (κ2) is 6.44. The number of aromatic carboxylic acids is 1. The van der Waals surface area contributed by atoms with Gasteiger partial charge in [0.15, 0.2) is 0 Å². The Kier molecular flexibility index (Phi) is 4.77. The molecule has 23 heavy (non-hydrogen) atoms. The van der Waals surface area contributed by atoms with E-state index < -0.39 is 11.6 Å². The molecule has 1 aliphatic rings. The van der Waals surface area contributed by atoms with E-state index in [1.807, 2.05) is 25.7 Å². The van der Waals surface area contributed by atoms with E-state index in [4.69, 9.17) is 4.74 Å². The maximum Gasteiger partial charge on any atom is 0.410 e. The largest absolute Gasteiger partial charge is 0.478 e. The van der Waals surface area contributed by atoms with Crippen LogP contribution in [0.1, 0.15) is 36.7 Å². The van der Waals surface area contributed by atoms with Crippen molar-refractivity contribution >= 4 is 17.9 Å². The smallest absolute Gasteiger partial charge is 0.410 e. The minimum Gasteiger partial charge on any atom is -0.478 e. The Morgan fingerprint density at radius 3 is 2.35 bits per heavy atom. The van der Waals surface area contributed by atoms with Gasteiger partial charge in [-0.15, -0.1) is 0 Å². The molecule has 2 heterocycles. The Morgan fingerprint density at radius 1 is 1.22 bits per heavy atom. The van der Waals surface area contributed by atoms with Gasteiger partial charge in [0.1, 0.15) is 11.4 Å². The van der Waals surface area contributed by atoms with Crippen LogP contribution in [-0.4, -0.2) is 58.8 Å². The lowest BCUT2D eigenvalue weighted by atomic mass is 10.1. The second-order valence-corrected chi connectivity index (χ2v) is 6.57. The van der Waals surface area contributed by atoms with Crippen LogP contribution in [0.2, 0.25) is 0 Å². The Labute approximate surface area is 135 Å². The first-order valence-electron chi connectivity index (χ1n) is 7.61. The van der Waals surface area contributed by atoms with Gasteiger partial charge in [0.25, 0.3) is 0 Å². The van der Waals surface area contributed by atoms with Crippen LogP contribution in [0.25, 0.3) is 0 Å². The van der Waals surface area contributed by atoms with Gasteiger partial charge in [-0.05, 0) is 33.8 Å². The van der Waals surface area contributed by atoms with Crippen molar-refractivity contribution in [1.82, 2.24) is 9.88 Å². The molecule has 1 aromatic heterocycles. The number of carbonyl (C=O) groups excluding carboxylic acids is 1. The summed E-state index contributed by atoms with van der Waals surface area (Å²) in [5.74, 6) is -0.299. The zero-order valence-electron chi connectivity index (χ0n) is 14.0. The fourth-order valence-electron chi connectivity index (χ4n) is 2.50. The van der Waals surface area contributed by atoms with Crippen LogP contribution in [0.15, 0.2) is 12.3 Å². The molecule has 1 aromatic rings. The fourth-order valence-corrected chi connectivity index (χ4v) is 2.50. The number of hydrogen-bond donors (Lipinski definition) is 1. The van der Waals surface area contributed by atoms with E-state index in [1.54, 1.807) is 11.8 Å². The molecule has 0 aromatic carbocycles. The number of carboxylic acids is 1. The fraction of sp³-hybridized carbons (Fsp3) is 0.562. The van der Waals surface area contributed by atoms with E-state index >= 15 is 0 Å². The Bertz CT molecular complexity index is 602. The molecule has 126 valence electrons. The minimum atomic E-state index is -0.960. The van der Waals surface area contributed by atoms with Crippen molar-refractivity contribution < 1.29 is 19.4 Å². The number of hydrogen-bond acceptors (Lipinski definition) is 5. The van der Waals surface area contributed by atoms with Gasteiger partial charge in [-0.3, -0.25) is 0 Å². The molecule has 0 atom stereocenters. The molecule has 1 saturated heterocycles. The van der Waals surface area contributed by atoms with Crippen molar-refractivity contribution in [2.45, 2.75) is 33.3 Å². The highest BCUT2D eigenvalue weighted by Gasteiger charge is 2.27. The van der Waals surface area contributed by atoms with E-state index in [9.17, 15) is 14.7 Å². The maximum atomic E-state index is 12.1. The molecule has 1 amide bonds. The van der Waals surface area contributed by atoms with E-state index in [0.29, 0.717) is 37.6 Å². The number of carboxylic acid groups (broad SMARTS) is 1. The predicted molar refractivity (Wildman–Crippen MR) is 86.0 cm³/mol. The van der Waals surface area contributed by atoms with Gasteiger partial charge < -0.3 is 19.6 Å². The molecular formula is C16H23N3O4. The van der Waals surface area contributed by atoms with E-state index in [0.717, 1.165) is 0 Å². The molecule has 1 N–H and O–H groups in total. The topological polar surface area (TPSA) is 83.0 Å². The number of ether oxygens (including phenoxy) is 1. The van der Waals surface area contributed by atoms with Crippen LogP contribution in [0.5, 0.6) is 0 Å². The average Bonchev–Trinajstić information content (AvgIpc) is 2.45. The summed E-state index contributed by atoms with van der Waals surface area (Å²) in [7, 11) is 0. The van der Waals surface area contributed by atoms with E-state index in [1.165, 1.54) is 12.3 Å². The first kappa shape index (κ1) is 17.1. The van der Waals surface area contributed by atoms with Gasteiger partial charge in [-0.1, -0.05) is 0 Å². The molecule has 1 aliphatic heterocycles. The average molecular weight is 321 g/mol. The lowest BCUT2D eigenvalue weighted by Gasteiger charge is -2.36. The summed E-state index contributed by atoms with van der Waals surface area (Å²) in [5, 5.41) is 9.20. The van der Waals surface area contributed by atoms with Gasteiger partial charge in [-0.2, -0.15) is 0 Å². The number of amides is 1. The molecule has 7 heteroatoms. The lowest BCUT2D eigenvalue weighted by Crippen LogP contribution is -2.50. The molecule has 0 radical (unpaired) electrons. The lowest BCUT2D eigenvalue weighted by molar-refractivity contribution is 0.0240. The number of aromatic nitrogens is 1. The van der Waals surface area contributed by atoms with Crippen molar-refractivity contribution in [3.8, 4) is 0 Å². The van der Waals surface area contributed by atoms with Crippen LogP contribution in [0, 0.1) is 6.92 Å². The van der Waals surface area contributed by atoms with Crippen LogP contribution in [0.3, 0.4) is 0 Å². The highest BCUT2D eigenvalue weighted by molar-refractivity contribution is 5.90. The molecule has 2 rings (SSSR count). The summed E-state index contributed by atoms with van der Waals surface area (Å²) in [5.41, 5.74) is 0.387. The molecule has 0 saturated carbocycles. The number of pyridine rings is 1. The SMILES string of the molecule is Cc1c(C(=O)O)ccnc1N1CCN(C(=O)OC(C)(C)C)CC1. The standard InChI is InChI=1S/C16H23N3O4/c1-11-12(14(20)21)5-6-17-13(11)18-7-9-19(10-8-18)15(22)23-16(2,3)4/h5-6H,7-10H2,1-4H3,(H,20,21). The van der Waals surface area contributed by atoms with Crippen molar-refractivity contribution in [2.24, 2.45) is 0 Å². The summed E-state index contributed by atoms with van der Waals surface area (Å²) < 4.78 is 5.37. The Balaban J connectivity index is 2.04. The number of nitrogens with zero attached hydrogens (tertiary/aromatic N) is 3. The van der Waals surface area contributed by atoms with Crippen molar-refractivity contribution in [3.05, 3.63) is 23.4 Å². The van der Waals surface area contributed by atoms with Crippen LogP contribution < -0.4 is 4.90 Å². The number of carbonyl (C=O) groups is 2. The highest BCUT2D eigenvalue weighted by Crippen LogP contribution is 2.22. The minimum absolute atomic E-state index is 0.254. The quantitative estimate of drug-likeness (QED) is 0.898. The molecular weight excluding hydrogens is 298 g/mol. The highest BCUT2D eigenvalue weighted by atomic mass is 16.6. The van der Waals surface area contributed by atoms with Crippen LogP contribution >= 0.6 is 0 Å². The van der Waals surface area contributed by atoms with E-state index in [-0.39, 0.29) is 11.7 Å². The first-order valence-corrected chi connectivity index (χ1v) is 7.61. The number of piperazine rings is 1. The van der Waals surface area contributed by atoms with Gasteiger partial charge in [0.05, 0.1) is 5.56 Å². The summed E-state index contributed by atoms with van der Waals surface area (Å²) in [6.07, 6.45) is 1.19. The van der Waals surface area contributed by atoms with Gasteiger partial charge >= 0.3 is 12.1 Å².